The summed E-state index contributed by atoms with van der Waals surface area (Å²) in [5.74, 6) is 0. The number of nitrogens with two attached hydrogens (primary N) is 1. The first-order valence-electron chi connectivity index (χ1n) is 2.74. The molecule has 0 spiro atoms. The molecule has 0 bridgehead atoms. The van der Waals surface area contributed by atoms with Crippen molar-refractivity contribution in [1.82, 2.24) is 0 Å². The first-order chi connectivity index (χ1) is 4.83. The van der Waals surface area contributed by atoms with Gasteiger partial charge in [-0.1, -0.05) is 0 Å². The molecule has 58 valence electrons. The molecule has 0 saturated carbocycles. The Bertz CT molecular complexity index is 252. The van der Waals surface area contributed by atoms with Crippen molar-refractivity contribution in [3.8, 4) is 5.40 Å². The van der Waals surface area contributed by atoms with Crippen LogP contribution in [-0.2, 0) is 17.1 Å². The second kappa shape index (κ2) is 5.09. The Labute approximate surface area is 80.2 Å². The van der Waals surface area contributed by atoms with E-state index in [1.165, 1.54) is 0 Å². The van der Waals surface area contributed by atoms with Crippen molar-refractivity contribution < 1.29 is 17.1 Å². The molecular weight excluding hydrogens is 200 g/mol. The molecule has 0 aromatic heterocycles. The van der Waals surface area contributed by atoms with Crippen molar-refractivity contribution in [2.24, 2.45) is 0 Å². The Morgan fingerprint density at radius 2 is 1.82 bits per heavy atom. The molecule has 0 amide bonds. The van der Waals surface area contributed by atoms with Crippen LogP contribution in [0.5, 0.6) is 0 Å². The summed E-state index contributed by atoms with van der Waals surface area (Å²) in [7, 11) is 0. The van der Waals surface area contributed by atoms with Crippen molar-refractivity contribution in [3.05, 3.63) is 24.3 Å². The maximum atomic E-state index is 8.27. The van der Waals surface area contributed by atoms with Crippen LogP contribution >= 0.6 is 11.8 Å². The fraction of sp³-hybridized carbons (Fsp3) is 0. The molecule has 0 radical (unpaired) electrons. The Hall–Kier alpha value is -0.621. The molecule has 0 heterocycles. The van der Waals surface area contributed by atoms with Crippen molar-refractivity contribution in [1.29, 1.82) is 5.26 Å². The Kier molecular flexibility index (Phi) is 4.80. The molecule has 2 nitrogen and oxygen atoms in total. The van der Waals surface area contributed by atoms with Crippen LogP contribution in [0.4, 0.5) is 5.69 Å². The van der Waals surface area contributed by atoms with Gasteiger partial charge in [0.25, 0.3) is 0 Å². The van der Waals surface area contributed by atoms with Crippen LogP contribution in [0, 0.1) is 10.7 Å². The quantitative estimate of drug-likeness (QED) is 0.330. The summed E-state index contributed by atoms with van der Waals surface area (Å²) in [6.45, 7) is 0. The van der Waals surface area contributed by atoms with E-state index in [-0.39, 0.29) is 17.1 Å². The van der Waals surface area contributed by atoms with Crippen LogP contribution in [0.2, 0.25) is 0 Å². The van der Waals surface area contributed by atoms with Crippen LogP contribution in [0.1, 0.15) is 0 Å². The predicted octanol–water partition coefficient (Wildman–Crippen LogP) is 1.84. The number of benzene rings is 1. The first-order valence-corrected chi connectivity index (χ1v) is 3.56. The van der Waals surface area contributed by atoms with Crippen LogP contribution in [0.15, 0.2) is 29.2 Å². The van der Waals surface area contributed by atoms with Crippen molar-refractivity contribution in [2.75, 3.05) is 5.73 Å². The number of thioether (sulfide) groups is 1. The Balaban J connectivity index is 0.000001000. The largest absolute Gasteiger partial charge is 0.399 e. The third-order valence-electron chi connectivity index (χ3n) is 1.04. The van der Waals surface area contributed by atoms with Gasteiger partial charge in [0.2, 0.25) is 0 Å². The van der Waals surface area contributed by atoms with Gasteiger partial charge in [-0.05, 0) is 36.0 Å². The molecule has 2 N–H and O–H groups in total. The van der Waals surface area contributed by atoms with Crippen molar-refractivity contribution in [3.63, 3.8) is 0 Å². The number of hydrogen-bond acceptors (Lipinski definition) is 3. The minimum Gasteiger partial charge on any atom is -0.399 e. The fourth-order valence-electron chi connectivity index (χ4n) is 0.589. The van der Waals surface area contributed by atoms with Gasteiger partial charge in [0, 0.05) is 27.7 Å². The third kappa shape index (κ3) is 3.33. The van der Waals surface area contributed by atoms with Gasteiger partial charge in [0.1, 0.15) is 5.40 Å². The zero-order valence-electron chi connectivity index (χ0n) is 5.60. The van der Waals surface area contributed by atoms with Gasteiger partial charge in [-0.2, -0.15) is 5.26 Å². The number of nitriles is 1. The summed E-state index contributed by atoms with van der Waals surface area (Å²) in [6.07, 6.45) is 0. The van der Waals surface area contributed by atoms with E-state index in [0.29, 0.717) is 0 Å². The normalized spacial score (nSPS) is 7.91. The molecule has 0 saturated heterocycles. The van der Waals surface area contributed by atoms with Crippen LogP contribution in [0.25, 0.3) is 0 Å². The van der Waals surface area contributed by atoms with Crippen molar-refractivity contribution >= 4 is 17.4 Å². The molecular formula is C7H6FeN2S. The van der Waals surface area contributed by atoms with Crippen LogP contribution < -0.4 is 5.73 Å². The Morgan fingerprint density at radius 1 is 1.27 bits per heavy atom. The molecule has 0 aliphatic heterocycles. The summed E-state index contributed by atoms with van der Waals surface area (Å²) >= 11 is 1.13. The van der Waals surface area contributed by atoms with Crippen molar-refractivity contribution in [2.45, 2.75) is 4.90 Å². The summed E-state index contributed by atoms with van der Waals surface area (Å²) in [6, 6.07) is 7.20. The van der Waals surface area contributed by atoms with Gasteiger partial charge in [-0.15, -0.1) is 0 Å². The van der Waals surface area contributed by atoms with E-state index in [9.17, 15) is 0 Å². The summed E-state index contributed by atoms with van der Waals surface area (Å²) < 4.78 is 0. The van der Waals surface area contributed by atoms with E-state index in [1.807, 2.05) is 17.5 Å². The zero-order chi connectivity index (χ0) is 7.40. The Morgan fingerprint density at radius 3 is 2.27 bits per heavy atom. The number of thiocyanates is 1. The molecule has 0 aliphatic rings. The molecule has 0 unspecified atom stereocenters. The van der Waals surface area contributed by atoms with E-state index in [1.54, 1.807) is 12.1 Å². The second-order valence-corrected chi connectivity index (χ2v) is 2.62. The van der Waals surface area contributed by atoms with Gasteiger partial charge in [-0.25, -0.2) is 0 Å². The average Bonchev–Trinajstić information content (AvgIpc) is 1.95. The first kappa shape index (κ1) is 10.4. The molecule has 1 aromatic carbocycles. The van der Waals surface area contributed by atoms with Crippen LogP contribution in [-0.4, -0.2) is 0 Å². The minimum atomic E-state index is 0. The SMILES string of the molecule is N#CSc1ccc(N)cc1.[Fe]. The molecule has 1 aromatic rings. The number of anilines is 1. The van der Waals surface area contributed by atoms with Gasteiger partial charge >= 0.3 is 0 Å². The second-order valence-electron chi connectivity index (χ2n) is 1.76. The number of nitrogens with zero attached hydrogens (tertiary/aromatic N) is 1. The van der Waals surface area contributed by atoms with Crippen LogP contribution in [0.3, 0.4) is 0 Å². The third-order valence-corrected chi connectivity index (χ3v) is 1.64. The standard InChI is InChI=1S/C7H6N2S.Fe/c8-5-10-7-3-1-6(9)2-4-7;/h1-4H,9H2;. The number of rotatable bonds is 1. The minimum absolute atomic E-state index is 0. The number of hydrogen-bond donors (Lipinski definition) is 1. The molecule has 11 heavy (non-hydrogen) atoms. The van der Waals surface area contributed by atoms with E-state index in [4.69, 9.17) is 11.0 Å². The molecule has 0 fully saturated rings. The van der Waals surface area contributed by atoms with Gasteiger partial charge in [0.15, 0.2) is 0 Å². The number of nitrogen functional groups attached to an aromatic ring is 1. The molecule has 1 rings (SSSR count). The van der Waals surface area contributed by atoms with Gasteiger partial charge in [-0.3, -0.25) is 0 Å². The topological polar surface area (TPSA) is 49.8 Å². The monoisotopic (exact) mass is 206 g/mol. The predicted molar refractivity (Wildman–Crippen MR) is 42.3 cm³/mol. The van der Waals surface area contributed by atoms with E-state index in [0.717, 1.165) is 22.3 Å². The fourth-order valence-corrected chi connectivity index (χ4v) is 0.966. The van der Waals surface area contributed by atoms with Gasteiger partial charge < -0.3 is 5.73 Å². The maximum absolute atomic E-state index is 8.27. The molecule has 4 heteroatoms. The summed E-state index contributed by atoms with van der Waals surface area (Å²) in [5, 5.41) is 10.2. The van der Waals surface area contributed by atoms with Gasteiger partial charge in [0.05, 0.1) is 0 Å². The zero-order valence-corrected chi connectivity index (χ0v) is 7.52. The molecule has 0 atom stereocenters. The van der Waals surface area contributed by atoms with E-state index in [2.05, 4.69) is 0 Å². The summed E-state index contributed by atoms with van der Waals surface area (Å²) in [5.41, 5.74) is 6.16. The maximum Gasteiger partial charge on any atom is 0.138 e. The van der Waals surface area contributed by atoms with E-state index >= 15 is 0 Å². The molecule has 0 aliphatic carbocycles. The summed E-state index contributed by atoms with van der Waals surface area (Å²) in [4.78, 5) is 0.928. The smallest absolute Gasteiger partial charge is 0.138 e. The van der Waals surface area contributed by atoms with E-state index < -0.39 is 0 Å². The average molecular weight is 206 g/mol.